The third-order valence-electron chi connectivity index (χ3n) is 4.60. The molecule has 0 fully saturated rings. The van der Waals surface area contributed by atoms with Crippen molar-refractivity contribution in [2.24, 2.45) is 11.1 Å². The zero-order valence-electron chi connectivity index (χ0n) is 16.6. The average molecular weight is 421 g/mol. The van der Waals surface area contributed by atoms with Crippen molar-refractivity contribution in [1.29, 1.82) is 0 Å². The first-order valence-electron chi connectivity index (χ1n) is 9.22. The van der Waals surface area contributed by atoms with Crippen molar-refractivity contribution in [2.75, 3.05) is 7.11 Å². The lowest BCUT2D eigenvalue weighted by Crippen LogP contribution is -2.36. The van der Waals surface area contributed by atoms with Crippen LogP contribution < -0.4 is 5.32 Å². The number of carbonyl (C=O) groups is 1. The van der Waals surface area contributed by atoms with Crippen LogP contribution in [0.4, 0.5) is 0 Å². The highest BCUT2D eigenvalue weighted by molar-refractivity contribution is 6.42. The highest BCUT2D eigenvalue weighted by atomic mass is 35.5. The van der Waals surface area contributed by atoms with Crippen LogP contribution in [0, 0.1) is 5.92 Å². The Kier molecular flexibility index (Phi) is 8.34. The molecule has 0 saturated heterocycles. The van der Waals surface area contributed by atoms with Gasteiger partial charge in [-0.3, -0.25) is 4.79 Å². The molecule has 1 unspecified atom stereocenters. The molecular weight excluding hydrogens is 395 g/mol. The molecule has 2 aromatic carbocycles. The Morgan fingerprint density at radius 2 is 1.61 bits per heavy atom. The summed E-state index contributed by atoms with van der Waals surface area (Å²) in [5.41, 5.74) is 3.55. The van der Waals surface area contributed by atoms with Crippen LogP contribution in [0.25, 0.3) is 0 Å². The number of halogens is 2. The molecule has 0 aliphatic rings. The number of oxime groups is 1. The largest absolute Gasteiger partial charge is 0.399 e. The van der Waals surface area contributed by atoms with Crippen LogP contribution in [0.5, 0.6) is 0 Å². The summed E-state index contributed by atoms with van der Waals surface area (Å²) in [5, 5.41) is 8.20. The van der Waals surface area contributed by atoms with E-state index in [4.69, 9.17) is 28.0 Å². The summed E-state index contributed by atoms with van der Waals surface area (Å²) >= 11 is 12.1. The van der Waals surface area contributed by atoms with Crippen LogP contribution in [0.1, 0.15) is 42.3 Å². The maximum Gasteiger partial charge on any atom is 0.251 e. The summed E-state index contributed by atoms with van der Waals surface area (Å²) in [6.07, 6.45) is 1.21. The molecule has 0 heterocycles. The van der Waals surface area contributed by atoms with Gasteiger partial charge >= 0.3 is 0 Å². The number of carbonyl (C=O) groups excluding carboxylic acids is 1. The van der Waals surface area contributed by atoms with E-state index in [0.717, 1.165) is 16.8 Å². The van der Waals surface area contributed by atoms with Crippen molar-refractivity contribution in [1.82, 2.24) is 5.32 Å². The zero-order chi connectivity index (χ0) is 20.7. The first kappa shape index (κ1) is 22.3. The van der Waals surface area contributed by atoms with Crippen LogP contribution in [0.3, 0.4) is 0 Å². The quantitative estimate of drug-likeness (QED) is 0.449. The number of nitrogens with one attached hydrogen (secondary N) is 1. The van der Waals surface area contributed by atoms with Crippen molar-refractivity contribution in [2.45, 2.75) is 39.7 Å². The second kappa shape index (κ2) is 10.5. The Bertz CT molecular complexity index is 833. The number of hydrogen-bond donors (Lipinski definition) is 1. The fraction of sp³-hybridized carbons (Fsp3) is 0.364. The summed E-state index contributed by atoms with van der Waals surface area (Å²) in [6.45, 7) is 6.17. The molecule has 0 aromatic heterocycles. The van der Waals surface area contributed by atoms with Crippen LogP contribution in [0.2, 0.25) is 10.0 Å². The fourth-order valence-electron chi connectivity index (χ4n) is 2.61. The second-order valence-corrected chi connectivity index (χ2v) is 7.96. The molecule has 0 spiro atoms. The number of amides is 1. The van der Waals surface area contributed by atoms with E-state index < -0.39 is 0 Å². The lowest BCUT2D eigenvalue weighted by molar-refractivity contribution is 0.0930. The molecule has 0 radical (unpaired) electrons. The predicted octanol–water partition coefficient (Wildman–Crippen LogP) is 5.56. The first-order chi connectivity index (χ1) is 13.3. The Labute approximate surface area is 176 Å². The smallest absolute Gasteiger partial charge is 0.251 e. The van der Waals surface area contributed by atoms with Gasteiger partial charge < -0.3 is 10.2 Å². The van der Waals surface area contributed by atoms with Gasteiger partial charge in [0.2, 0.25) is 0 Å². The van der Waals surface area contributed by atoms with Gasteiger partial charge in [0.05, 0.1) is 15.8 Å². The predicted molar refractivity (Wildman–Crippen MR) is 117 cm³/mol. The van der Waals surface area contributed by atoms with Crippen molar-refractivity contribution >= 4 is 34.8 Å². The van der Waals surface area contributed by atoms with E-state index in [2.05, 4.69) is 24.3 Å². The lowest BCUT2D eigenvalue weighted by atomic mass is 10.0. The van der Waals surface area contributed by atoms with Gasteiger partial charge in [-0.05, 0) is 48.2 Å². The minimum absolute atomic E-state index is 0.0608. The summed E-state index contributed by atoms with van der Waals surface area (Å²) in [5.74, 6) is 0.326. The van der Waals surface area contributed by atoms with Gasteiger partial charge in [-0.2, -0.15) is 0 Å². The van der Waals surface area contributed by atoms with Gasteiger partial charge in [-0.1, -0.05) is 60.4 Å². The van der Waals surface area contributed by atoms with Crippen LogP contribution in [0.15, 0.2) is 47.6 Å². The molecule has 2 aromatic rings. The van der Waals surface area contributed by atoms with E-state index in [0.29, 0.717) is 34.4 Å². The van der Waals surface area contributed by atoms with Crippen LogP contribution >= 0.6 is 23.2 Å². The minimum atomic E-state index is -0.0608. The van der Waals surface area contributed by atoms with Crippen molar-refractivity contribution < 1.29 is 9.63 Å². The minimum Gasteiger partial charge on any atom is -0.399 e. The average Bonchev–Trinajstić information content (AvgIpc) is 2.65. The first-order valence-corrected chi connectivity index (χ1v) is 9.98. The van der Waals surface area contributed by atoms with Gasteiger partial charge in [0, 0.05) is 24.4 Å². The van der Waals surface area contributed by atoms with Crippen molar-refractivity contribution in [3.05, 3.63) is 69.2 Å². The molecule has 2 rings (SSSR count). The summed E-state index contributed by atoms with van der Waals surface area (Å²) < 4.78 is 0. The molecule has 1 N–H and O–H groups in total. The van der Waals surface area contributed by atoms with Gasteiger partial charge in [-0.25, -0.2) is 0 Å². The molecule has 0 aliphatic carbocycles. The molecule has 0 saturated carbocycles. The summed E-state index contributed by atoms with van der Waals surface area (Å²) in [4.78, 5) is 17.3. The lowest BCUT2D eigenvalue weighted by Gasteiger charge is -2.17. The number of benzene rings is 2. The normalized spacial score (nSPS) is 12.8. The van der Waals surface area contributed by atoms with E-state index in [1.165, 1.54) is 7.11 Å². The summed E-state index contributed by atoms with van der Waals surface area (Å²) in [7, 11) is 1.53. The van der Waals surface area contributed by atoms with E-state index in [1.807, 2.05) is 43.3 Å². The van der Waals surface area contributed by atoms with E-state index >= 15 is 0 Å². The number of rotatable bonds is 8. The topological polar surface area (TPSA) is 50.7 Å². The highest BCUT2D eigenvalue weighted by Gasteiger charge is 2.13. The molecule has 4 nitrogen and oxygen atoms in total. The molecule has 1 amide bonds. The highest BCUT2D eigenvalue weighted by Crippen LogP contribution is 2.23. The molecule has 28 heavy (non-hydrogen) atoms. The van der Waals surface area contributed by atoms with Crippen LogP contribution in [-0.4, -0.2) is 24.8 Å². The van der Waals surface area contributed by atoms with E-state index in [-0.39, 0.29) is 11.9 Å². The monoisotopic (exact) mass is 420 g/mol. The standard InChI is InChI=1S/C22H26Cl2N2O2/c1-14(2)15(3)25-22(27)18-8-5-16(6-9-18)11-19(26-28-4)12-17-7-10-20(23)21(24)13-17/h5-10,13-15H,11-12H2,1-4H3,(H,25,27). The molecule has 150 valence electrons. The van der Waals surface area contributed by atoms with Gasteiger partial charge in [0.25, 0.3) is 5.91 Å². The number of hydrogen-bond acceptors (Lipinski definition) is 3. The van der Waals surface area contributed by atoms with E-state index in [1.54, 1.807) is 6.07 Å². The molecular formula is C22H26Cl2N2O2. The van der Waals surface area contributed by atoms with Crippen molar-refractivity contribution in [3.8, 4) is 0 Å². The third-order valence-corrected chi connectivity index (χ3v) is 5.33. The SMILES string of the molecule is CON=C(Cc1ccc(C(=O)NC(C)C(C)C)cc1)Cc1ccc(Cl)c(Cl)c1. The molecule has 0 aliphatic heterocycles. The second-order valence-electron chi connectivity index (χ2n) is 7.15. The molecule has 1 atom stereocenters. The van der Waals surface area contributed by atoms with Crippen molar-refractivity contribution in [3.63, 3.8) is 0 Å². The maximum absolute atomic E-state index is 12.3. The molecule has 6 heteroatoms. The fourth-order valence-corrected chi connectivity index (χ4v) is 2.93. The third kappa shape index (κ3) is 6.54. The van der Waals surface area contributed by atoms with Gasteiger partial charge in [0.15, 0.2) is 0 Å². The molecule has 0 bridgehead atoms. The Balaban J connectivity index is 2.06. The van der Waals surface area contributed by atoms with E-state index in [9.17, 15) is 4.79 Å². The Morgan fingerprint density at radius 3 is 2.18 bits per heavy atom. The zero-order valence-corrected chi connectivity index (χ0v) is 18.1. The summed E-state index contributed by atoms with van der Waals surface area (Å²) in [6, 6.07) is 13.2. The Morgan fingerprint density at radius 1 is 1.00 bits per heavy atom. The van der Waals surface area contributed by atoms with Crippen LogP contribution in [-0.2, 0) is 17.7 Å². The number of nitrogens with zero attached hydrogens (tertiary/aromatic N) is 1. The van der Waals surface area contributed by atoms with Gasteiger partial charge in [0.1, 0.15) is 7.11 Å². The van der Waals surface area contributed by atoms with Gasteiger partial charge in [-0.15, -0.1) is 0 Å². The Hall–Kier alpha value is -2.04. The maximum atomic E-state index is 12.3.